The van der Waals surface area contributed by atoms with Gasteiger partial charge >= 0.3 is 0 Å². The molecule has 1 amide bonds. The minimum atomic E-state index is -0.258. The van der Waals surface area contributed by atoms with Crippen LogP contribution in [-0.2, 0) is 4.79 Å². The largest absolute Gasteiger partial charge is 0.411 e. The number of rotatable bonds is 7. The van der Waals surface area contributed by atoms with Crippen molar-refractivity contribution < 1.29 is 9.21 Å². The van der Waals surface area contributed by atoms with Crippen LogP contribution in [0, 0.1) is 6.92 Å². The Labute approximate surface area is 190 Å². The molecule has 4 rings (SSSR count). The van der Waals surface area contributed by atoms with Crippen LogP contribution in [0.4, 0.5) is 11.6 Å². The molecule has 2 aromatic carbocycles. The van der Waals surface area contributed by atoms with E-state index >= 15 is 0 Å². The van der Waals surface area contributed by atoms with Gasteiger partial charge in [0.25, 0.3) is 5.22 Å². The summed E-state index contributed by atoms with van der Waals surface area (Å²) in [4.78, 5) is 22.9. The Hall–Kier alpha value is -3.72. The van der Waals surface area contributed by atoms with E-state index in [0.29, 0.717) is 11.1 Å². The first-order chi connectivity index (χ1) is 15.5. The number of hydrogen-bond acceptors (Lipinski definition) is 8. The van der Waals surface area contributed by atoms with Crippen LogP contribution >= 0.6 is 11.8 Å². The Morgan fingerprint density at radius 1 is 1.00 bits per heavy atom. The number of carbonyl (C=O) groups is 1. The van der Waals surface area contributed by atoms with Crippen LogP contribution in [0.1, 0.15) is 5.56 Å². The smallest absolute Gasteiger partial charge is 0.277 e. The van der Waals surface area contributed by atoms with E-state index < -0.39 is 0 Å². The van der Waals surface area contributed by atoms with E-state index in [-0.39, 0.29) is 17.6 Å². The van der Waals surface area contributed by atoms with E-state index in [0.717, 1.165) is 34.3 Å². The molecule has 1 N–H and O–H groups in total. The lowest BCUT2D eigenvalue weighted by Gasteiger charge is -2.11. The van der Waals surface area contributed by atoms with Crippen molar-refractivity contribution in [3.63, 3.8) is 0 Å². The lowest BCUT2D eigenvalue weighted by Crippen LogP contribution is -2.16. The van der Waals surface area contributed by atoms with Gasteiger partial charge in [0.1, 0.15) is 0 Å². The van der Waals surface area contributed by atoms with Crippen LogP contribution in [0.25, 0.3) is 22.7 Å². The van der Waals surface area contributed by atoms with Gasteiger partial charge < -0.3 is 9.32 Å². The number of anilines is 2. The number of aromatic nitrogens is 4. The molecule has 0 unspecified atom stereocenters. The molecule has 0 radical (unpaired) electrons. The normalized spacial score (nSPS) is 10.7. The summed E-state index contributed by atoms with van der Waals surface area (Å²) in [6, 6.07) is 17.6. The molecule has 4 aromatic rings. The molecule has 2 heterocycles. The molecule has 0 fully saturated rings. The number of amides is 1. The van der Waals surface area contributed by atoms with E-state index in [1.807, 2.05) is 74.4 Å². The minimum Gasteiger partial charge on any atom is -0.411 e. The zero-order valence-corrected chi connectivity index (χ0v) is 18.8. The van der Waals surface area contributed by atoms with E-state index in [2.05, 4.69) is 25.5 Å². The van der Waals surface area contributed by atoms with E-state index in [1.165, 1.54) is 5.56 Å². The predicted molar refractivity (Wildman–Crippen MR) is 126 cm³/mol. The third kappa shape index (κ3) is 5.30. The van der Waals surface area contributed by atoms with Gasteiger partial charge in [-0.15, -0.1) is 10.2 Å². The predicted octanol–water partition coefficient (Wildman–Crippen LogP) is 4.30. The molecule has 0 saturated carbocycles. The number of hydrogen-bond donors (Lipinski definition) is 1. The van der Waals surface area contributed by atoms with Gasteiger partial charge in [0, 0.05) is 37.1 Å². The first-order valence-corrected chi connectivity index (χ1v) is 10.9. The number of carbonyl (C=O) groups excluding carboxylic acids is 1. The minimum absolute atomic E-state index is 0.0965. The molecule has 0 atom stereocenters. The van der Waals surface area contributed by atoms with Crippen molar-refractivity contribution in [2.24, 2.45) is 0 Å². The fourth-order valence-corrected chi connectivity index (χ4v) is 3.44. The molecular formula is C23H22N6O2S. The van der Waals surface area contributed by atoms with Crippen LogP contribution in [0.15, 0.2) is 70.4 Å². The molecule has 9 heteroatoms. The summed E-state index contributed by atoms with van der Waals surface area (Å²) in [6.07, 6.45) is 1.62. The third-order valence-electron chi connectivity index (χ3n) is 4.62. The number of nitrogens with one attached hydrogen (secondary N) is 1. The molecule has 0 saturated heterocycles. The van der Waals surface area contributed by atoms with Gasteiger partial charge in [0.15, 0.2) is 0 Å². The van der Waals surface area contributed by atoms with Crippen molar-refractivity contribution in [2.45, 2.75) is 12.1 Å². The van der Waals surface area contributed by atoms with Gasteiger partial charge in [0.2, 0.25) is 17.7 Å². The summed E-state index contributed by atoms with van der Waals surface area (Å²) in [7, 11) is 3.95. The van der Waals surface area contributed by atoms with Crippen LogP contribution in [-0.4, -0.2) is 45.9 Å². The molecule has 32 heavy (non-hydrogen) atoms. The Morgan fingerprint density at radius 3 is 2.44 bits per heavy atom. The first kappa shape index (κ1) is 21.5. The summed E-state index contributed by atoms with van der Waals surface area (Å²) in [5.41, 5.74) is 4.77. The molecule has 0 aliphatic carbocycles. The Morgan fingerprint density at radius 2 is 1.72 bits per heavy atom. The van der Waals surface area contributed by atoms with Gasteiger partial charge in [-0.1, -0.05) is 41.6 Å². The summed E-state index contributed by atoms with van der Waals surface area (Å²) in [5.74, 6) is 0.499. The summed E-state index contributed by atoms with van der Waals surface area (Å²) in [5, 5.41) is 11.1. The van der Waals surface area contributed by atoms with Crippen LogP contribution in [0.3, 0.4) is 0 Å². The molecule has 162 valence electrons. The maximum atomic E-state index is 12.3. The van der Waals surface area contributed by atoms with E-state index in [9.17, 15) is 4.79 Å². The first-order valence-electron chi connectivity index (χ1n) is 9.92. The van der Waals surface area contributed by atoms with Crippen molar-refractivity contribution in [1.82, 2.24) is 20.2 Å². The number of nitrogens with zero attached hydrogens (tertiary/aromatic N) is 5. The van der Waals surface area contributed by atoms with Gasteiger partial charge in [-0.25, -0.2) is 9.97 Å². The standard InChI is InChI=1S/C23H22N6O2S/c1-15-4-6-16(7-5-15)19-12-13-24-22(25-19)26-20(30)14-32-23-28-27-21(31-23)17-8-10-18(11-9-17)29(2)3/h4-13H,14H2,1-3H3,(H,24,25,26,30). The van der Waals surface area contributed by atoms with Gasteiger partial charge in [-0.3, -0.25) is 10.1 Å². The van der Waals surface area contributed by atoms with Crippen molar-refractivity contribution in [3.05, 3.63) is 66.4 Å². The summed E-state index contributed by atoms with van der Waals surface area (Å²) in [6.45, 7) is 2.03. The fourth-order valence-electron chi connectivity index (χ4n) is 2.88. The summed E-state index contributed by atoms with van der Waals surface area (Å²) >= 11 is 1.16. The fraction of sp³-hybridized carbons (Fsp3) is 0.174. The monoisotopic (exact) mass is 446 g/mol. The second-order valence-electron chi connectivity index (χ2n) is 7.28. The third-order valence-corrected chi connectivity index (χ3v) is 5.44. The van der Waals surface area contributed by atoms with Crippen LogP contribution < -0.4 is 10.2 Å². The molecule has 8 nitrogen and oxygen atoms in total. The molecule has 0 spiro atoms. The molecule has 2 aromatic heterocycles. The number of thioether (sulfide) groups is 1. The Balaban J connectivity index is 1.35. The average Bonchev–Trinajstić information content (AvgIpc) is 3.28. The number of aryl methyl sites for hydroxylation is 1. The number of benzene rings is 2. The maximum absolute atomic E-state index is 12.3. The second kappa shape index (κ2) is 9.61. The molecule has 0 aliphatic rings. The highest BCUT2D eigenvalue weighted by atomic mass is 32.2. The SMILES string of the molecule is Cc1ccc(-c2ccnc(NC(=O)CSc3nnc(-c4ccc(N(C)C)cc4)o3)n2)cc1. The average molecular weight is 447 g/mol. The quantitative estimate of drug-likeness (QED) is 0.420. The molecular weight excluding hydrogens is 424 g/mol. The second-order valence-corrected chi connectivity index (χ2v) is 8.21. The Kier molecular flexibility index (Phi) is 6.46. The van der Waals surface area contributed by atoms with E-state index in [4.69, 9.17) is 4.42 Å². The van der Waals surface area contributed by atoms with Crippen molar-refractivity contribution in [2.75, 3.05) is 30.1 Å². The van der Waals surface area contributed by atoms with Crippen molar-refractivity contribution in [3.8, 4) is 22.7 Å². The molecule has 0 aliphatic heterocycles. The van der Waals surface area contributed by atoms with Gasteiger partial charge in [-0.05, 0) is 37.3 Å². The summed E-state index contributed by atoms with van der Waals surface area (Å²) < 4.78 is 5.67. The zero-order valence-electron chi connectivity index (χ0n) is 17.9. The highest BCUT2D eigenvalue weighted by molar-refractivity contribution is 7.99. The highest BCUT2D eigenvalue weighted by Gasteiger charge is 2.13. The Bertz CT molecular complexity index is 1210. The lowest BCUT2D eigenvalue weighted by atomic mass is 10.1. The topological polar surface area (TPSA) is 97.0 Å². The lowest BCUT2D eigenvalue weighted by molar-refractivity contribution is -0.113. The van der Waals surface area contributed by atoms with Crippen LogP contribution in [0.5, 0.6) is 0 Å². The molecule has 0 bridgehead atoms. The highest BCUT2D eigenvalue weighted by Crippen LogP contribution is 2.25. The van der Waals surface area contributed by atoms with Crippen LogP contribution in [0.2, 0.25) is 0 Å². The van der Waals surface area contributed by atoms with Crippen molar-refractivity contribution in [1.29, 1.82) is 0 Å². The van der Waals surface area contributed by atoms with Gasteiger partial charge in [0.05, 0.1) is 11.4 Å². The van der Waals surface area contributed by atoms with E-state index in [1.54, 1.807) is 12.3 Å². The van der Waals surface area contributed by atoms with Gasteiger partial charge in [-0.2, -0.15) is 0 Å². The zero-order chi connectivity index (χ0) is 22.5. The maximum Gasteiger partial charge on any atom is 0.277 e. The van der Waals surface area contributed by atoms with Crippen molar-refractivity contribution >= 4 is 29.3 Å².